The average Bonchev–Trinajstić information content (AvgIpc) is 2.46. The number of piperazine rings is 1. The predicted molar refractivity (Wildman–Crippen MR) is 69.1 cm³/mol. The third-order valence-corrected chi connectivity index (χ3v) is 3.14. The zero-order chi connectivity index (χ0) is 12.8. The Bertz CT molecular complexity index is 367. The Hall–Kier alpha value is -1.40. The van der Waals surface area contributed by atoms with Crippen molar-refractivity contribution in [3.63, 3.8) is 0 Å². The van der Waals surface area contributed by atoms with Crippen molar-refractivity contribution in [1.82, 2.24) is 14.9 Å². The molecule has 0 aromatic carbocycles. The van der Waals surface area contributed by atoms with Crippen molar-refractivity contribution in [1.29, 1.82) is 0 Å². The van der Waals surface area contributed by atoms with Crippen molar-refractivity contribution in [3.8, 4) is 5.88 Å². The lowest BCUT2D eigenvalue weighted by Gasteiger charge is -2.35. The molecule has 1 aromatic rings. The fourth-order valence-electron chi connectivity index (χ4n) is 2.04. The molecule has 100 valence electrons. The molecule has 0 amide bonds. The van der Waals surface area contributed by atoms with Gasteiger partial charge in [-0.1, -0.05) is 0 Å². The average molecular weight is 252 g/mol. The van der Waals surface area contributed by atoms with E-state index in [9.17, 15) is 0 Å². The van der Waals surface area contributed by atoms with Crippen molar-refractivity contribution in [2.24, 2.45) is 0 Å². The number of anilines is 1. The summed E-state index contributed by atoms with van der Waals surface area (Å²) >= 11 is 0. The molecule has 0 radical (unpaired) electrons. The monoisotopic (exact) mass is 252 g/mol. The summed E-state index contributed by atoms with van der Waals surface area (Å²) in [5.74, 6) is 1.55. The largest absolute Gasteiger partial charge is 0.481 e. The minimum Gasteiger partial charge on any atom is -0.481 e. The quantitative estimate of drug-likeness (QED) is 0.749. The Labute approximate surface area is 108 Å². The van der Waals surface area contributed by atoms with E-state index in [0.717, 1.165) is 45.1 Å². The molecule has 0 spiro atoms. The van der Waals surface area contributed by atoms with Crippen molar-refractivity contribution in [3.05, 3.63) is 12.4 Å². The molecule has 2 heterocycles. The van der Waals surface area contributed by atoms with Crippen LogP contribution in [0.5, 0.6) is 5.88 Å². The Balaban J connectivity index is 1.88. The fourth-order valence-corrected chi connectivity index (χ4v) is 2.04. The molecule has 0 aliphatic carbocycles. The van der Waals surface area contributed by atoms with Crippen LogP contribution in [-0.2, 0) is 4.74 Å². The van der Waals surface area contributed by atoms with E-state index in [1.807, 2.05) is 6.07 Å². The number of aromatic nitrogens is 2. The van der Waals surface area contributed by atoms with E-state index in [0.29, 0.717) is 5.88 Å². The van der Waals surface area contributed by atoms with Gasteiger partial charge in [0.05, 0.1) is 13.7 Å². The van der Waals surface area contributed by atoms with Crippen LogP contribution in [0.1, 0.15) is 0 Å². The number of rotatable bonds is 5. The molecule has 0 saturated carbocycles. The van der Waals surface area contributed by atoms with Crippen LogP contribution < -0.4 is 9.64 Å². The van der Waals surface area contributed by atoms with Crippen LogP contribution in [0.4, 0.5) is 5.82 Å². The number of methoxy groups -OCH3 is 2. The molecule has 1 aliphatic heterocycles. The van der Waals surface area contributed by atoms with E-state index in [1.165, 1.54) is 0 Å². The zero-order valence-corrected chi connectivity index (χ0v) is 11.0. The fraction of sp³-hybridized carbons (Fsp3) is 0.667. The van der Waals surface area contributed by atoms with Crippen molar-refractivity contribution in [2.75, 3.05) is 58.5 Å². The number of nitrogens with zero attached hydrogens (tertiary/aromatic N) is 4. The lowest BCUT2D eigenvalue weighted by Crippen LogP contribution is -2.47. The molecular weight excluding hydrogens is 232 g/mol. The van der Waals surface area contributed by atoms with Crippen LogP contribution in [-0.4, -0.2) is 68.4 Å². The minimum absolute atomic E-state index is 0.613. The summed E-state index contributed by atoms with van der Waals surface area (Å²) in [4.78, 5) is 13.0. The maximum atomic E-state index is 5.12. The third-order valence-electron chi connectivity index (χ3n) is 3.14. The van der Waals surface area contributed by atoms with Gasteiger partial charge in [-0.05, 0) is 0 Å². The molecule has 6 heteroatoms. The van der Waals surface area contributed by atoms with E-state index >= 15 is 0 Å². The first-order valence-corrected chi connectivity index (χ1v) is 6.16. The highest BCUT2D eigenvalue weighted by Crippen LogP contribution is 2.16. The first-order chi connectivity index (χ1) is 8.83. The molecule has 0 N–H and O–H groups in total. The topological polar surface area (TPSA) is 50.7 Å². The van der Waals surface area contributed by atoms with Gasteiger partial charge in [0.1, 0.15) is 12.1 Å². The normalized spacial score (nSPS) is 16.9. The van der Waals surface area contributed by atoms with E-state index < -0.39 is 0 Å². The van der Waals surface area contributed by atoms with Gasteiger partial charge in [0.15, 0.2) is 0 Å². The number of hydrogen-bond donors (Lipinski definition) is 0. The van der Waals surface area contributed by atoms with Crippen molar-refractivity contribution in [2.45, 2.75) is 0 Å². The van der Waals surface area contributed by atoms with Crippen LogP contribution in [0.25, 0.3) is 0 Å². The highest BCUT2D eigenvalue weighted by atomic mass is 16.5. The van der Waals surface area contributed by atoms with Crippen molar-refractivity contribution < 1.29 is 9.47 Å². The van der Waals surface area contributed by atoms with Crippen LogP contribution in [0.2, 0.25) is 0 Å². The molecule has 1 fully saturated rings. The van der Waals surface area contributed by atoms with Crippen LogP contribution in [0.3, 0.4) is 0 Å². The molecule has 0 atom stereocenters. The predicted octanol–water partition coefficient (Wildman–Crippen LogP) is 0.254. The maximum Gasteiger partial charge on any atom is 0.218 e. The van der Waals surface area contributed by atoms with E-state index in [-0.39, 0.29) is 0 Å². The first kappa shape index (κ1) is 13.0. The summed E-state index contributed by atoms with van der Waals surface area (Å²) in [7, 11) is 3.36. The smallest absolute Gasteiger partial charge is 0.218 e. The minimum atomic E-state index is 0.613. The van der Waals surface area contributed by atoms with Gasteiger partial charge in [0, 0.05) is 45.9 Å². The molecule has 1 aromatic heterocycles. The van der Waals surface area contributed by atoms with Gasteiger partial charge in [-0.2, -0.15) is 0 Å². The molecule has 1 saturated heterocycles. The summed E-state index contributed by atoms with van der Waals surface area (Å²) in [6, 6.07) is 1.88. The van der Waals surface area contributed by atoms with Crippen LogP contribution in [0, 0.1) is 0 Å². The summed E-state index contributed by atoms with van der Waals surface area (Å²) in [6.45, 7) is 5.82. The van der Waals surface area contributed by atoms with Crippen LogP contribution >= 0.6 is 0 Å². The molecular formula is C12H20N4O2. The summed E-state index contributed by atoms with van der Waals surface area (Å²) in [5, 5.41) is 0. The second kappa shape index (κ2) is 6.51. The maximum absolute atomic E-state index is 5.12. The number of hydrogen-bond acceptors (Lipinski definition) is 6. The van der Waals surface area contributed by atoms with Gasteiger partial charge in [-0.3, -0.25) is 4.90 Å². The zero-order valence-electron chi connectivity index (χ0n) is 11.0. The van der Waals surface area contributed by atoms with Gasteiger partial charge in [0.25, 0.3) is 0 Å². The standard InChI is InChI=1S/C12H20N4O2/c1-17-8-7-15-3-5-16(6-4-15)11-9-12(18-2)14-10-13-11/h9-10H,3-8H2,1-2H3. The van der Waals surface area contributed by atoms with E-state index in [2.05, 4.69) is 19.8 Å². The molecule has 0 unspecified atom stereocenters. The Morgan fingerprint density at radius 2 is 1.94 bits per heavy atom. The third kappa shape index (κ3) is 3.30. The van der Waals surface area contributed by atoms with Gasteiger partial charge in [0.2, 0.25) is 5.88 Å². The van der Waals surface area contributed by atoms with Crippen molar-refractivity contribution >= 4 is 5.82 Å². The van der Waals surface area contributed by atoms with Gasteiger partial charge < -0.3 is 14.4 Å². The molecule has 0 bridgehead atoms. The lowest BCUT2D eigenvalue weighted by molar-refractivity contribution is 0.144. The summed E-state index contributed by atoms with van der Waals surface area (Å²) < 4.78 is 10.2. The SMILES string of the molecule is COCCN1CCN(c2cc(OC)ncn2)CC1. The van der Waals surface area contributed by atoms with Gasteiger partial charge in [-0.15, -0.1) is 0 Å². The van der Waals surface area contributed by atoms with E-state index in [1.54, 1.807) is 20.5 Å². The highest BCUT2D eigenvalue weighted by Gasteiger charge is 2.18. The molecule has 1 aliphatic rings. The van der Waals surface area contributed by atoms with Gasteiger partial charge in [-0.25, -0.2) is 9.97 Å². The van der Waals surface area contributed by atoms with Gasteiger partial charge >= 0.3 is 0 Å². The number of ether oxygens (including phenoxy) is 2. The highest BCUT2D eigenvalue weighted by molar-refractivity contribution is 5.41. The second-order valence-corrected chi connectivity index (χ2v) is 4.24. The molecule has 18 heavy (non-hydrogen) atoms. The van der Waals surface area contributed by atoms with Crippen LogP contribution in [0.15, 0.2) is 12.4 Å². The summed E-state index contributed by atoms with van der Waals surface area (Å²) in [6.07, 6.45) is 1.55. The van der Waals surface area contributed by atoms with E-state index in [4.69, 9.17) is 9.47 Å². The Morgan fingerprint density at radius 3 is 2.61 bits per heavy atom. The first-order valence-electron chi connectivity index (χ1n) is 6.16. The molecule has 6 nitrogen and oxygen atoms in total. The second-order valence-electron chi connectivity index (χ2n) is 4.24. The molecule has 2 rings (SSSR count). The lowest BCUT2D eigenvalue weighted by atomic mass is 10.3. The Kier molecular flexibility index (Phi) is 4.72. The summed E-state index contributed by atoms with van der Waals surface area (Å²) in [5.41, 5.74) is 0. The Morgan fingerprint density at radius 1 is 1.17 bits per heavy atom.